The van der Waals surface area contributed by atoms with Crippen LogP contribution in [-0.2, 0) is 0 Å². The van der Waals surface area contributed by atoms with Crippen molar-refractivity contribution in [3.63, 3.8) is 0 Å². The van der Waals surface area contributed by atoms with Gasteiger partial charge in [0.2, 0.25) is 0 Å². The van der Waals surface area contributed by atoms with Gasteiger partial charge in [0.25, 0.3) is 0 Å². The Hall–Kier alpha value is -1.71. The molecule has 0 saturated carbocycles. The highest BCUT2D eigenvalue weighted by atomic mass is 15.3. The Balaban J connectivity index is 1.67. The molecular formula is C12H16N6. The molecule has 2 aliphatic rings. The van der Waals surface area contributed by atoms with E-state index in [2.05, 4.69) is 31.4 Å². The lowest BCUT2D eigenvalue weighted by Gasteiger charge is -2.43. The number of nitrogens with one attached hydrogen (secondary N) is 1. The first-order valence-corrected chi connectivity index (χ1v) is 6.30. The van der Waals surface area contributed by atoms with Crippen LogP contribution < -0.4 is 10.2 Å². The van der Waals surface area contributed by atoms with Crippen LogP contribution in [0.4, 0.5) is 5.82 Å². The van der Waals surface area contributed by atoms with Crippen LogP contribution in [0.2, 0.25) is 0 Å². The minimum Gasteiger partial charge on any atom is -0.351 e. The van der Waals surface area contributed by atoms with Crippen molar-refractivity contribution in [2.24, 2.45) is 0 Å². The van der Waals surface area contributed by atoms with Gasteiger partial charge in [0.15, 0.2) is 5.82 Å². The molecule has 0 bridgehead atoms. The van der Waals surface area contributed by atoms with Gasteiger partial charge in [0.05, 0.1) is 11.8 Å². The van der Waals surface area contributed by atoms with Gasteiger partial charge in [-0.1, -0.05) is 0 Å². The summed E-state index contributed by atoms with van der Waals surface area (Å²) in [4.78, 5) is 4.67. The summed E-state index contributed by atoms with van der Waals surface area (Å²) >= 11 is 0. The van der Waals surface area contributed by atoms with Crippen molar-refractivity contribution >= 4 is 5.82 Å². The summed E-state index contributed by atoms with van der Waals surface area (Å²) in [7, 11) is 0. The SMILES string of the molecule is N#Cc1ccnnc1N1CCN(C2CNC2)CC1. The van der Waals surface area contributed by atoms with Gasteiger partial charge < -0.3 is 10.2 Å². The Kier molecular flexibility index (Phi) is 3.09. The molecule has 2 fully saturated rings. The summed E-state index contributed by atoms with van der Waals surface area (Å²) in [6.45, 7) is 6.12. The van der Waals surface area contributed by atoms with Crippen molar-refractivity contribution in [2.45, 2.75) is 6.04 Å². The first kappa shape index (κ1) is 11.4. The highest BCUT2D eigenvalue weighted by Gasteiger charge is 2.28. The first-order valence-electron chi connectivity index (χ1n) is 6.30. The van der Waals surface area contributed by atoms with Crippen LogP contribution in [0.5, 0.6) is 0 Å². The van der Waals surface area contributed by atoms with Gasteiger partial charge in [-0.2, -0.15) is 10.4 Å². The maximum Gasteiger partial charge on any atom is 0.169 e. The number of nitriles is 1. The lowest BCUT2D eigenvalue weighted by Crippen LogP contribution is -2.61. The summed E-state index contributed by atoms with van der Waals surface area (Å²) in [5.74, 6) is 0.728. The summed E-state index contributed by atoms with van der Waals surface area (Å²) in [6.07, 6.45) is 1.57. The van der Waals surface area contributed by atoms with Crippen molar-refractivity contribution in [1.82, 2.24) is 20.4 Å². The molecule has 0 amide bonds. The number of piperazine rings is 1. The molecule has 1 N–H and O–H groups in total. The number of rotatable bonds is 2. The van der Waals surface area contributed by atoms with Crippen LogP contribution in [0.25, 0.3) is 0 Å². The smallest absolute Gasteiger partial charge is 0.169 e. The second kappa shape index (κ2) is 4.88. The Morgan fingerprint density at radius 3 is 2.67 bits per heavy atom. The zero-order chi connectivity index (χ0) is 12.4. The molecule has 6 heteroatoms. The van der Waals surface area contributed by atoms with Gasteiger partial charge in [-0.05, 0) is 6.07 Å². The third kappa shape index (κ3) is 2.03. The predicted molar refractivity (Wildman–Crippen MR) is 67.2 cm³/mol. The highest BCUT2D eigenvalue weighted by Crippen LogP contribution is 2.18. The van der Waals surface area contributed by atoms with E-state index in [0.29, 0.717) is 11.6 Å². The number of aromatic nitrogens is 2. The number of nitrogens with zero attached hydrogens (tertiary/aromatic N) is 5. The van der Waals surface area contributed by atoms with Gasteiger partial charge in [0.1, 0.15) is 6.07 Å². The van der Waals surface area contributed by atoms with E-state index in [1.807, 2.05) is 0 Å². The lowest BCUT2D eigenvalue weighted by atomic mass is 10.1. The summed E-state index contributed by atoms with van der Waals surface area (Å²) in [6, 6.07) is 4.61. The van der Waals surface area contributed by atoms with E-state index in [1.54, 1.807) is 12.3 Å². The molecule has 0 aromatic carbocycles. The summed E-state index contributed by atoms with van der Waals surface area (Å²) < 4.78 is 0. The van der Waals surface area contributed by atoms with Gasteiger partial charge in [-0.3, -0.25) is 4.90 Å². The molecule has 3 heterocycles. The Labute approximate surface area is 106 Å². The zero-order valence-electron chi connectivity index (χ0n) is 10.2. The van der Waals surface area contributed by atoms with Crippen molar-refractivity contribution < 1.29 is 0 Å². The van der Waals surface area contributed by atoms with Crippen molar-refractivity contribution in [2.75, 3.05) is 44.2 Å². The minimum atomic E-state index is 0.615. The summed E-state index contributed by atoms with van der Waals surface area (Å²) in [5.41, 5.74) is 0.615. The topological polar surface area (TPSA) is 68.1 Å². The van der Waals surface area contributed by atoms with Crippen LogP contribution in [0, 0.1) is 11.3 Å². The molecule has 0 unspecified atom stereocenters. The molecular weight excluding hydrogens is 228 g/mol. The maximum atomic E-state index is 9.07. The van der Waals surface area contributed by atoms with Gasteiger partial charge in [0, 0.05) is 45.3 Å². The van der Waals surface area contributed by atoms with Crippen molar-refractivity contribution in [1.29, 1.82) is 5.26 Å². The number of hydrogen-bond acceptors (Lipinski definition) is 6. The van der Waals surface area contributed by atoms with Gasteiger partial charge >= 0.3 is 0 Å². The fraction of sp³-hybridized carbons (Fsp3) is 0.583. The maximum absolute atomic E-state index is 9.07. The Morgan fingerprint density at radius 2 is 2.06 bits per heavy atom. The van der Waals surface area contributed by atoms with Crippen molar-refractivity contribution in [3.8, 4) is 6.07 Å². The second-order valence-electron chi connectivity index (χ2n) is 4.72. The highest BCUT2D eigenvalue weighted by molar-refractivity contribution is 5.52. The molecule has 6 nitrogen and oxygen atoms in total. The van der Waals surface area contributed by atoms with E-state index in [4.69, 9.17) is 5.26 Å². The minimum absolute atomic E-state index is 0.615. The largest absolute Gasteiger partial charge is 0.351 e. The molecule has 0 atom stereocenters. The van der Waals surface area contributed by atoms with E-state index in [-0.39, 0.29) is 0 Å². The normalized spacial score (nSPS) is 21.4. The molecule has 2 aliphatic heterocycles. The van der Waals surface area contributed by atoms with Crippen LogP contribution in [0.15, 0.2) is 12.3 Å². The molecule has 0 spiro atoms. The van der Waals surface area contributed by atoms with Gasteiger partial charge in [-0.15, -0.1) is 5.10 Å². The Bertz CT molecular complexity index is 456. The predicted octanol–water partition coefficient (Wildman–Crippen LogP) is -0.558. The summed E-state index contributed by atoms with van der Waals surface area (Å²) in [5, 5.41) is 20.4. The van der Waals surface area contributed by atoms with Crippen LogP contribution in [0.1, 0.15) is 5.56 Å². The standard InChI is InChI=1S/C12H16N6/c13-7-10-1-2-15-16-12(10)18-5-3-17(4-6-18)11-8-14-9-11/h1-2,11,14H,3-6,8-9H2. The molecule has 0 aliphatic carbocycles. The van der Waals surface area contributed by atoms with Crippen LogP contribution in [0.3, 0.4) is 0 Å². The third-order valence-electron chi connectivity index (χ3n) is 3.71. The molecule has 94 valence electrons. The van der Waals surface area contributed by atoms with Gasteiger partial charge in [-0.25, -0.2) is 0 Å². The molecule has 3 rings (SSSR count). The Morgan fingerprint density at radius 1 is 1.28 bits per heavy atom. The van der Waals surface area contributed by atoms with E-state index >= 15 is 0 Å². The third-order valence-corrected chi connectivity index (χ3v) is 3.71. The van der Waals surface area contributed by atoms with E-state index < -0.39 is 0 Å². The quantitative estimate of drug-likeness (QED) is 0.752. The lowest BCUT2D eigenvalue weighted by molar-refractivity contribution is 0.137. The van der Waals surface area contributed by atoms with Crippen LogP contribution >= 0.6 is 0 Å². The van der Waals surface area contributed by atoms with E-state index in [1.165, 1.54) is 0 Å². The monoisotopic (exact) mass is 244 g/mol. The van der Waals surface area contributed by atoms with Crippen LogP contribution in [-0.4, -0.2) is 60.4 Å². The molecule has 0 radical (unpaired) electrons. The average Bonchev–Trinajstić information content (AvgIpc) is 2.38. The molecule has 1 aromatic rings. The fourth-order valence-corrected chi connectivity index (χ4v) is 2.48. The first-order chi connectivity index (χ1) is 8.88. The number of hydrogen-bond donors (Lipinski definition) is 1. The number of anilines is 1. The molecule has 1 aromatic heterocycles. The van der Waals surface area contributed by atoms with Crippen molar-refractivity contribution in [3.05, 3.63) is 17.8 Å². The van der Waals surface area contributed by atoms with E-state index in [9.17, 15) is 0 Å². The van der Waals surface area contributed by atoms with E-state index in [0.717, 1.165) is 45.1 Å². The molecule has 2 saturated heterocycles. The zero-order valence-corrected chi connectivity index (χ0v) is 10.2. The average molecular weight is 244 g/mol. The fourth-order valence-electron chi connectivity index (χ4n) is 2.48. The second-order valence-corrected chi connectivity index (χ2v) is 4.72. The molecule has 18 heavy (non-hydrogen) atoms.